The Hall–Kier alpha value is -3.98. The van der Waals surface area contributed by atoms with Gasteiger partial charge in [-0.05, 0) is 53.8 Å². The van der Waals surface area contributed by atoms with Crippen LogP contribution in [-0.2, 0) is 29.0 Å². The number of carbonyl (C=O) groups is 2. The SMILES string of the molecule is CCc1ccc(-n2c(SCC(=O)N3Cc4ccccc4C[C@@H]3C(=O)[O-])nnc2-c2ccncc2)cc1. The molecule has 9 heteroatoms. The summed E-state index contributed by atoms with van der Waals surface area (Å²) in [6.07, 6.45) is 4.55. The lowest BCUT2D eigenvalue weighted by molar-refractivity contribution is -0.311. The number of benzene rings is 2. The monoisotopic (exact) mass is 498 g/mol. The molecule has 1 aliphatic rings. The number of carboxylic acids is 1. The van der Waals surface area contributed by atoms with Crippen LogP contribution in [0.25, 0.3) is 17.1 Å². The van der Waals surface area contributed by atoms with Gasteiger partial charge in [-0.25, -0.2) is 0 Å². The van der Waals surface area contributed by atoms with Crippen LogP contribution in [0, 0.1) is 0 Å². The maximum Gasteiger partial charge on any atom is 0.233 e. The van der Waals surface area contributed by atoms with E-state index in [0.29, 0.717) is 11.0 Å². The molecule has 36 heavy (non-hydrogen) atoms. The largest absolute Gasteiger partial charge is 0.548 e. The highest BCUT2D eigenvalue weighted by atomic mass is 32.2. The Bertz CT molecular complexity index is 1390. The Balaban J connectivity index is 1.42. The summed E-state index contributed by atoms with van der Waals surface area (Å²) < 4.78 is 1.91. The van der Waals surface area contributed by atoms with Gasteiger partial charge in [0.15, 0.2) is 11.0 Å². The fourth-order valence-electron chi connectivity index (χ4n) is 4.37. The Morgan fingerprint density at radius 3 is 2.42 bits per heavy atom. The number of aromatic nitrogens is 4. The Morgan fingerprint density at radius 1 is 1.00 bits per heavy atom. The van der Waals surface area contributed by atoms with E-state index in [9.17, 15) is 14.7 Å². The first kappa shape index (κ1) is 23.7. The van der Waals surface area contributed by atoms with Crippen molar-refractivity contribution < 1.29 is 14.7 Å². The van der Waals surface area contributed by atoms with E-state index in [0.717, 1.165) is 28.8 Å². The van der Waals surface area contributed by atoms with E-state index in [4.69, 9.17) is 0 Å². The van der Waals surface area contributed by atoms with Crippen molar-refractivity contribution in [3.05, 3.63) is 89.7 Å². The standard InChI is InChI=1S/C27H25N5O3S/c1-2-18-7-9-22(10-8-18)32-25(19-11-13-28-14-12-19)29-30-27(32)36-17-24(33)31-16-21-6-4-3-5-20(21)15-23(31)26(34)35/h3-14,23H,2,15-17H2,1H3,(H,34,35)/p-1/t23-/m1/s1. The topological polar surface area (TPSA) is 104 Å². The van der Waals surface area contributed by atoms with Crippen LogP contribution < -0.4 is 5.11 Å². The average Bonchev–Trinajstić information content (AvgIpc) is 3.35. The van der Waals surface area contributed by atoms with Gasteiger partial charge in [0, 0.05) is 30.2 Å². The molecule has 0 radical (unpaired) electrons. The van der Waals surface area contributed by atoms with Gasteiger partial charge in [-0.2, -0.15) is 0 Å². The van der Waals surface area contributed by atoms with Crippen molar-refractivity contribution in [1.29, 1.82) is 0 Å². The Morgan fingerprint density at radius 2 is 1.72 bits per heavy atom. The molecule has 0 fully saturated rings. The third-order valence-electron chi connectivity index (χ3n) is 6.34. The second kappa shape index (κ2) is 10.3. The number of thioether (sulfide) groups is 1. The molecule has 2 aromatic heterocycles. The van der Waals surface area contributed by atoms with Gasteiger partial charge in [-0.15, -0.1) is 10.2 Å². The van der Waals surface area contributed by atoms with Gasteiger partial charge in [-0.3, -0.25) is 14.3 Å². The summed E-state index contributed by atoms with van der Waals surface area (Å²) in [7, 11) is 0. The van der Waals surface area contributed by atoms with Crippen LogP contribution in [0.2, 0.25) is 0 Å². The third-order valence-corrected chi connectivity index (χ3v) is 7.25. The molecule has 1 amide bonds. The number of carboxylic acid groups (broad SMARTS) is 1. The number of hydrogen-bond acceptors (Lipinski definition) is 7. The van der Waals surface area contributed by atoms with Crippen LogP contribution >= 0.6 is 11.8 Å². The molecule has 0 N–H and O–H groups in total. The summed E-state index contributed by atoms with van der Waals surface area (Å²) in [6, 6.07) is 18.4. The summed E-state index contributed by atoms with van der Waals surface area (Å²) in [5.74, 6) is -0.879. The molecular formula is C27H24N5O3S-. The van der Waals surface area contributed by atoms with Crippen LogP contribution in [-0.4, -0.2) is 48.3 Å². The van der Waals surface area contributed by atoms with Gasteiger partial charge < -0.3 is 14.8 Å². The van der Waals surface area contributed by atoms with E-state index in [1.807, 2.05) is 53.1 Å². The molecule has 4 aromatic rings. The Labute approximate surface area is 213 Å². The molecule has 2 aromatic carbocycles. The number of fused-ring (bicyclic) bond motifs is 1. The molecule has 0 bridgehead atoms. The minimum atomic E-state index is -1.25. The second-order valence-electron chi connectivity index (χ2n) is 8.52. The average molecular weight is 499 g/mol. The second-order valence-corrected chi connectivity index (χ2v) is 9.46. The van der Waals surface area contributed by atoms with E-state index in [1.165, 1.54) is 22.2 Å². The zero-order valence-electron chi connectivity index (χ0n) is 19.7. The van der Waals surface area contributed by atoms with Gasteiger partial charge >= 0.3 is 0 Å². The lowest BCUT2D eigenvalue weighted by atomic mass is 9.94. The third kappa shape index (κ3) is 4.74. The van der Waals surface area contributed by atoms with E-state index < -0.39 is 12.0 Å². The summed E-state index contributed by atoms with van der Waals surface area (Å²) in [6.45, 7) is 2.34. The van der Waals surface area contributed by atoms with Crippen LogP contribution in [0.5, 0.6) is 0 Å². The molecule has 0 aliphatic carbocycles. The lowest BCUT2D eigenvalue weighted by Gasteiger charge is -2.37. The summed E-state index contributed by atoms with van der Waals surface area (Å²) in [5, 5.41) is 21.2. The van der Waals surface area contributed by atoms with Crippen molar-refractivity contribution in [2.24, 2.45) is 0 Å². The summed E-state index contributed by atoms with van der Waals surface area (Å²) in [4.78, 5) is 30.6. The molecule has 0 saturated heterocycles. The number of aliphatic carboxylic acids is 1. The van der Waals surface area contributed by atoms with Crippen LogP contribution in [0.3, 0.4) is 0 Å². The van der Waals surface area contributed by atoms with Crippen molar-refractivity contribution in [2.45, 2.75) is 37.5 Å². The lowest BCUT2D eigenvalue weighted by Crippen LogP contribution is -2.54. The number of nitrogens with zero attached hydrogens (tertiary/aromatic N) is 5. The van der Waals surface area contributed by atoms with Crippen LogP contribution in [0.15, 0.2) is 78.2 Å². The van der Waals surface area contributed by atoms with Gasteiger partial charge in [0.2, 0.25) is 5.91 Å². The quantitative estimate of drug-likeness (QED) is 0.361. The first-order chi connectivity index (χ1) is 17.5. The number of carbonyl (C=O) groups excluding carboxylic acids is 2. The van der Waals surface area contributed by atoms with Crippen molar-refractivity contribution in [1.82, 2.24) is 24.6 Å². The summed E-state index contributed by atoms with van der Waals surface area (Å²) >= 11 is 1.23. The highest BCUT2D eigenvalue weighted by Gasteiger charge is 2.31. The highest BCUT2D eigenvalue weighted by molar-refractivity contribution is 7.99. The zero-order valence-corrected chi connectivity index (χ0v) is 20.5. The number of hydrogen-bond donors (Lipinski definition) is 0. The zero-order chi connectivity index (χ0) is 25.1. The van der Waals surface area contributed by atoms with Gasteiger partial charge in [0.25, 0.3) is 0 Å². The van der Waals surface area contributed by atoms with Crippen molar-refractivity contribution >= 4 is 23.6 Å². The first-order valence-electron chi connectivity index (χ1n) is 11.7. The molecule has 3 heterocycles. The number of rotatable bonds is 7. The summed E-state index contributed by atoms with van der Waals surface area (Å²) in [5.41, 5.74) is 4.81. The molecular weight excluding hydrogens is 474 g/mol. The van der Waals surface area contributed by atoms with Gasteiger partial charge in [0.05, 0.1) is 17.8 Å². The van der Waals surface area contributed by atoms with Crippen molar-refractivity contribution in [3.63, 3.8) is 0 Å². The van der Waals surface area contributed by atoms with Crippen LogP contribution in [0.4, 0.5) is 0 Å². The van der Waals surface area contributed by atoms with Crippen molar-refractivity contribution in [3.8, 4) is 17.1 Å². The fourth-order valence-corrected chi connectivity index (χ4v) is 5.21. The van der Waals surface area contributed by atoms with E-state index in [2.05, 4.69) is 34.2 Å². The number of amides is 1. The van der Waals surface area contributed by atoms with Crippen LogP contribution in [0.1, 0.15) is 23.6 Å². The van der Waals surface area contributed by atoms with Gasteiger partial charge in [0.1, 0.15) is 0 Å². The van der Waals surface area contributed by atoms with Gasteiger partial charge in [-0.1, -0.05) is 55.1 Å². The smallest absolute Gasteiger partial charge is 0.233 e. The van der Waals surface area contributed by atoms with E-state index in [-0.39, 0.29) is 24.6 Å². The maximum absolute atomic E-state index is 13.3. The minimum absolute atomic E-state index is 0.0213. The maximum atomic E-state index is 13.3. The number of aryl methyl sites for hydroxylation is 1. The normalized spacial score (nSPS) is 14.9. The molecule has 8 nitrogen and oxygen atoms in total. The molecule has 1 aliphatic heterocycles. The number of pyridine rings is 1. The molecule has 0 unspecified atom stereocenters. The molecule has 182 valence electrons. The minimum Gasteiger partial charge on any atom is -0.548 e. The predicted octanol–water partition coefficient (Wildman–Crippen LogP) is 2.69. The van der Waals surface area contributed by atoms with E-state index >= 15 is 0 Å². The van der Waals surface area contributed by atoms with E-state index in [1.54, 1.807) is 12.4 Å². The predicted molar refractivity (Wildman–Crippen MR) is 134 cm³/mol. The molecule has 5 rings (SSSR count). The highest BCUT2D eigenvalue weighted by Crippen LogP contribution is 2.29. The fraction of sp³-hybridized carbons (Fsp3) is 0.222. The molecule has 0 spiro atoms. The first-order valence-corrected chi connectivity index (χ1v) is 12.7. The Kier molecular flexibility index (Phi) is 6.81. The molecule has 1 atom stereocenters. The van der Waals surface area contributed by atoms with Crippen molar-refractivity contribution in [2.75, 3.05) is 5.75 Å². The molecule has 0 saturated carbocycles.